The predicted molar refractivity (Wildman–Crippen MR) is 85.0 cm³/mol. The van der Waals surface area contributed by atoms with Gasteiger partial charge in [0.1, 0.15) is 11.6 Å². The van der Waals surface area contributed by atoms with Gasteiger partial charge in [0.2, 0.25) is 5.91 Å². The molecule has 110 valence electrons. The van der Waals surface area contributed by atoms with Crippen LogP contribution in [0.1, 0.15) is 17.2 Å². The molecular formula is C15H12BrF2NOS. The van der Waals surface area contributed by atoms with Crippen LogP contribution in [-0.4, -0.2) is 5.91 Å². The van der Waals surface area contributed by atoms with Crippen molar-refractivity contribution in [2.24, 2.45) is 0 Å². The second-order valence-corrected chi connectivity index (χ2v) is 5.80. The first-order valence-electron chi connectivity index (χ1n) is 6.13. The van der Waals surface area contributed by atoms with Gasteiger partial charge in [0.25, 0.3) is 0 Å². The van der Waals surface area contributed by atoms with E-state index in [1.54, 1.807) is 0 Å². The molecule has 0 bridgehead atoms. The standard InChI is InChI=1S/C15H11F2NOS.BrH/c16-10-5-9(6-11(17)7-10)14-8-15(19)18-12-3-1-2-4-13(12)20-14;/h1-7,14H,8H2,(H,18,19);1H. The fourth-order valence-electron chi connectivity index (χ4n) is 2.18. The molecule has 0 aromatic heterocycles. The van der Waals surface area contributed by atoms with Crippen LogP contribution in [0.2, 0.25) is 0 Å². The number of carbonyl (C=O) groups is 1. The molecule has 0 radical (unpaired) electrons. The average molecular weight is 372 g/mol. The van der Waals surface area contributed by atoms with E-state index in [1.165, 1.54) is 23.9 Å². The van der Waals surface area contributed by atoms with Gasteiger partial charge in [0.05, 0.1) is 5.69 Å². The molecule has 0 saturated heterocycles. The van der Waals surface area contributed by atoms with Crippen LogP contribution in [0.25, 0.3) is 0 Å². The van der Waals surface area contributed by atoms with Crippen LogP contribution in [0.15, 0.2) is 47.4 Å². The summed E-state index contributed by atoms with van der Waals surface area (Å²) in [6.45, 7) is 0. The Morgan fingerprint density at radius 3 is 2.48 bits per heavy atom. The molecule has 1 heterocycles. The van der Waals surface area contributed by atoms with Crippen molar-refractivity contribution < 1.29 is 13.6 Å². The minimum absolute atomic E-state index is 0. The summed E-state index contributed by atoms with van der Waals surface area (Å²) in [5.41, 5.74) is 1.22. The highest BCUT2D eigenvalue weighted by Crippen LogP contribution is 2.43. The molecule has 1 atom stereocenters. The molecule has 2 aromatic carbocycles. The predicted octanol–water partition coefficient (Wildman–Crippen LogP) is 4.72. The summed E-state index contributed by atoms with van der Waals surface area (Å²) < 4.78 is 26.7. The molecule has 0 fully saturated rings. The Morgan fingerprint density at radius 2 is 1.76 bits per heavy atom. The van der Waals surface area contributed by atoms with Gasteiger partial charge in [-0.25, -0.2) is 8.78 Å². The molecule has 2 aromatic rings. The molecule has 1 aliphatic rings. The fraction of sp³-hybridized carbons (Fsp3) is 0.133. The van der Waals surface area contributed by atoms with E-state index in [4.69, 9.17) is 0 Å². The van der Waals surface area contributed by atoms with Crippen molar-refractivity contribution in [2.75, 3.05) is 5.32 Å². The zero-order valence-corrected chi connectivity index (χ0v) is 13.3. The number of benzene rings is 2. The number of para-hydroxylation sites is 1. The lowest BCUT2D eigenvalue weighted by Crippen LogP contribution is -2.12. The topological polar surface area (TPSA) is 29.1 Å². The summed E-state index contributed by atoms with van der Waals surface area (Å²) >= 11 is 1.44. The number of halogens is 3. The van der Waals surface area contributed by atoms with Gasteiger partial charge in [-0.2, -0.15) is 0 Å². The lowest BCUT2D eigenvalue weighted by Gasteiger charge is -2.13. The second-order valence-electron chi connectivity index (χ2n) is 4.56. The van der Waals surface area contributed by atoms with E-state index in [9.17, 15) is 13.6 Å². The number of fused-ring (bicyclic) bond motifs is 1. The van der Waals surface area contributed by atoms with Crippen LogP contribution in [0.3, 0.4) is 0 Å². The Kier molecular flexibility index (Phi) is 5.00. The van der Waals surface area contributed by atoms with Crippen molar-refractivity contribution in [3.05, 3.63) is 59.7 Å². The lowest BCUT2D eigenvalue weighted by atomic mass is 10.1. The number of anilines is 1. The van der Waals surface area contributed by atoms with Gasteiger partial charge in [-0.1, -0.05) is 12.1 Å². The normalized spacial score (nSPS) is 17.2. The minimum atomic E-state index is -0.626. The van der Waals surface area contributed by atoms with Crippen LogP contribution in [0.5, 0.6) is 0 Å². The SMILES string of the molecule is Br.O=C1CC(c2cc(F)cc(F)c2)Sc2ccccc2N1. The van der Waals surface area contributed by atoms with Crippen LogP contribution in [-0.2, 0) is 4.79 Å². The van der Waals surface area contributed by atoms with Gasteiger partial charge in [-0.15, -0.1) is 28.7 Å². The third-order valence-electron chi connectivity index (χ3n) is 3.06. The minimum Gasteiger partial charge on any atom is -0.325 e. The van der Waals surface area contributed by atoms with E-state index in [0.717, 1.165) is 16.6 Å². The molecular weight excluding hydrogens is 360 g/mol. The molecule has 3 rings (SSSR count). The monoisotopic (exact) mass is 371 g/mol. The molecule has 0 aliphatic carbocycles. The number of rotatable bonds is 1. The number of hydrogen-bond acceptors (Lipinski definition) is 2. The number of amides is 1. The van der Waals surface area contributed by atoms with E-state index in [1.807, 2.05) is 24.3 Å². The first-order valence-corrected chi connectivity index (χ1v) is 7.01. The van der Waals surface area contributed by atoms with Crippen LogP contribution >= 0.6 is 28.7 Å². The Balaban J connectivity index is 0.00000161. The maximum Gasteiger partial charge on any atom is 0.225 e. The maximum absolute atomic E-state index is 13.3. The van der Waals surface area contributed by atoms with Crippen molar-refractivity contribution in [3.63, 3.8) is 0 Å². The third-order valence-corrected chi connectivity index (χ3v) is 4.39. The van der Waals surface area contributed by atoms with E-state index in [2.05, 4.69) is 5.32 Å². The van der Waals surface area contributed by atoms with E-state index in [0.29, 0.717) is 5.56 Å². The van der Waals surface area contributed by atoms with Crippen molar-refractivity contribution in [2.45, 2.75) is 16.6 Å². The molecule has 0 spiro atoms. The summed E-state index contributed by atoms with van der Waals surface area (Å²) in [6, 6.07) is 10.8. The third kappa shape index (κ3) is 3.63. The molecule has 1 unspecified atom stereocenters. The van der Waals surface area contributed by atoms with E-state index >= 15 is 0 Å². The molecule has 1 aliphatic heterocycles. The Labute approximate surface area is 135 Å². The largest absolute Gasteiger partial charge is 0.325 e. The van der Waals surface area contributed by atoms with Gasteiger partial charge in [-0.05, 0) is 29.8 Å². The number of carbonyl (C=O) groups excluding carboxylic acids is 1. The average Bonchev–Trinajstić information content (AvgIpc) is 2.55. The zero-order valence-electron chi connectivity index (χ0n) is 10.8. The molecule has 21 heavy (non-hydrogen) atoms. The van der Waals surface area contributed by atoms with Crippen molar-refractivity contribution in [1.29, 1.82) is 0 Å². The first kappa shape index (κ1) is 16.0. The molecule has 6 heteroatoms. The summed E-state index contributed by atoms with van der Waals surface area (Å²) in [5.74, 6) is -1.41. The molecule has 1 amide bonds. The maximum atomic E-state index is 13.3. The highest BCUT2D eigenvalue weighted by molar-refractivity contribution is 8.93. The summed E-state index contributed by atoms with van der Waals surface area (Å²) in [6.07, 6.45) is 0.183. The first-order chi connectivity index (χ1) is 9.61. The van der Waals surface area contributed by atoms with E-state index in [-0.39, 0.29) is 34.6 Å². The second kappa shape index (κ2) is 6.58. The van der Waals surface area contributed by atoms with Gasteiger partial charge >= 0.3 is 0 Å². The van der Waals surface area contributed by atoms with Gasteiger partial charge in [0.15, 0.2) is 0 Å². The van der Waals surface area contributed by atoms with Crippen LogP contribution < -0.4 is 5.32 Å². The van der Waals surface area contributed by atoms with Gasteiger partial charge in [-0.3, -0.25) is 4.79 Å². The summed E-state index contributed by atoms with van der Waals surface area (Å²) in [5, 5.41) is 2.50. The lowest BCUT2D eigenvalue weighted by molar-refractivity contribution is -0.116. The highest BCUT2D eigenvalue weighted by Gasteiger charge is 2.24. The summed E-state index contributed by atoms with van der Waals surface area (Å²) in [4.78, 5) is 12.8. The zero-order chi connectivity index (χ0) is 14.1. The number of thioether (sulfide) groups is 1. The smallest absolute Gasteiger partial charge is 0.225 e. The van der Waals surface area contributed by atoms with Crippen LogP contribution in [0, 0.1) is 11.6 Å². The molecule has 2 nitrogen and oxygen atoms in total. The summed E-state index contributed by atoms with van der Waals surface area (Å²) in [7, 11) is 0. The van der Waals surface area contributed by atoms with Gasteiger partial charge < -0.3 is 5.32 Å². The highest BCUT2D eigenvalue weighted by atomic mass is 79.9. The van der Waals surface area contributed by atoms with Crippen molar-refractivity contribution >= 4 is 40.3 Å². The van der Waals surface area contributed by atoms with Crippen molar-refractivity contribution in [3.8, 4) is 0 Å². The Morgan fingerprint density at radius 1 is 1.10 bits per heavy atom. The Bertz CT molecular complexity index is 660. The molecule has 1 N–H and O–H groups in total. The Hall–Kier alpha value is -1.40. The van der Waals surface area contributed by atoms with E-state index < -0.39 is 11.6 Å². The molecule has 0 saturated carbocycles. The fourth-order valence-corrected chi connectivity index (χ4v) is 3.40. The van der Waals surface area contributed by atoms with Crippen molar-refractivity contribution in [1.82, 2.24) is 0 Å². The number of nitrogens with one attached hydrogen (secondary N) is 1. The van der Waals surface area contributed by atoms with Crippen LogP contribution in [0.4, 0.5) is 14.5 Å². The quantitative estimate of drug-likeness (QED) is 0.785. The number of hydrogen-bond donors (Lipinski definition) is 1. The van der Waals surface area contributed by atoms with Gasteiger partial charge in [0, 0.05) is 22.6 Å².